The topological polar surface area (TPSA) is 67.2 Å². The van der Waals surface area contributed by atoms with Gasteiger partial charge in [0.15, 0.2) is 0 Å². The first kappa shape index (κ1) is 23.5. The zero-order valence-corrected chi connectivity index (χ0v) is 19.3. The average Bonchev–Trinajstić information content (AvgIpc) is 3.16. The van der Waals surface area contributed by atoms with Gasteiger partial charge in [0.05, 0.1) is 22.0 Å². The summed E-state index contributed by atoms with van der Waals surface area (Å²) in [6.45, 7) is 7.80. The third kappa shape index (κ3) is 5.16. The highest BCUT2D eigenvalue weighted by Gasteiger charge is 2.24. The second-order valence-corrected chi connectivity index (χ2v) is 8.78. The number of anilines is 1. The number of likely N-dealkylation sites (N-methyl/N-ethyl adjacent to an activating group) is 1. The van der Waals surface area contributed by atoms with Crippen molar-refractivity contribution in [2.45, 2.75) is 33.1 Å². The van der Waals surface area contributed by atoms with E-state index in [1.807, 2.05) is 32.9 Å². The van der Waals surface area contributed by atoms with Gasteiger partial charge in [-0.3, -0.25) is 9.59 Å². The number of benzene rings is 2. The smallest absolute Gasteiger partial charge is 0.257 e. The maximum Gasteiger partial charge on any atom is 0.257 e. The fourth-order valence-electron chi connectivity index (χ4n) is 3.13. The lowest BCUT2D eigenvalue weighted by molar-refractivity contribution is -0.116. The van der Waals surface area contributed by atoms with Gasteiger partial charge < -0.3 is 10.2 Å². The molecule has 1 heterocycles. The van der Waals surface area contributed by atoms with Gasteiger partial charge in [0.1, 0.15) is 18.2 Å². The minimum atomic E-state index is -0.622. The number of amides is 2. The molecule has 0 saturated carbocycles. The number of nitrogens with zero attached hydrogens (tertiary/aromatic N) is 3. The molecule has 0 aliphatic rings. The third-order valence-corrected chi connectivity index (χ3v) is 5.25. The lowest BCUT2D eigenvalue weighted by Crippen LogP contribution is -2.38. The number of para-hydroxylation sites is 1. The second kappa shape index (κ2) is 9.53. The number of rotatable bonds is 6. The number of nitrogens with one attached hydrogen (secondary N) is 1. The quantitative estimate of drug-likeness (QED) is 0.563. The van der Waals surface area contributed by atoms with Crippen molar-refractivity contribution in [2.24, 2.45) is 0 Å². The van der Waals surface area contributed by atoms with Gasteiger partial charge in [-0.15, -0.1) is 0 Å². The molecular weight excluding hydrogens is 431 g/mol. The summed E-state index contributed by atoms with van der Waals surface area (Å²) < 4.78 is 15.6. The zero-order chi connectivity index (χ0) is 23.5. The Kier molecular flexibility index (Phi) is 6.99. The molecule has 8 heteroatoms. The molecule has 1 N–H and O–H groups in total. The van der Waals surface area contributed by atoms with Crippen LogP contribution in [0.5, 0.6) is 0 Å². The van der Waals surface area contributed by atoms with E-state index in [-0.39, 0.29) is 24.1 Å². The van der Waals surface area contributed by atoms with Crippen LogP contribution in [0.1, 0.15) is 43.7 Å². The van der Waals surface area contributed by atoms with Crippen LogP contribution in [-0.4, -0.2) is 39.6 Å². The van der Waals surface area contributed by atoms with Crippen molar-refractivity contribution in [2.75, 3.05) is 18.4 Å². The normalized spacial score (nSPS) is 11.3. The van der Waals surface area contributed by atoms with Crippen molar-refractivity contribution in [3.05, 3.63) is 76.7 Å². The fourth-order valence-corrected chi connectivity index (χ4v) is 3.35. The predicted octanol–water partition coefficient (Wildman–Crippen LogP) is 5.06. The Morgan fingerprint density at radius 3 is 2.41 bits per heavy atom. The Morgan fingerprint density at radius 2 is 1.78 bits per heavy atom. The first-order valence-electron chi connectivity index (χ1n) is 10.3. The minimum Gasteiger partial charge on any atom is -0.330 e. The van der Waals surface area contributed by atoms with Crippen LogP contribution in [0.15, 0.2) is 54.6 Å². The third-order valence-electron chi connectivity index (χ3n) is 4.93. The first-order chi connectivity index (χ1) is 15.1. The number of aromatic nitrogens is 2. The van der Waals surface area contributed by atoms with Crippen molar-refractivity contribution < 1.29 is 14.0 Å². The van der Waals surface area contributed by atoms with Crippen LogP contribution < -0.4 is 5.32 Å². The van der Waals surface area contributed by atoms with E-state index in [1.54, 1.807) is 35.9 Å². The van der Waals surface area contributed by atoms with Gasteiger partial charge in [-0.25, -0.2) is 9.07 Å². The summed E-state index contributed by atoms with van der Waals surface area (Å²) in [5, 5.41) is 7.96. The van der Waals surface area contributed by atoms with Crippen LogP contribution in [0.4, 0.5) is 10.2 Å². The molecule has 3 aromatic rings. The molecule has 0 saturated heterocycles. The highest BCUT2D eigenvalue weighted by atomic mass is 35.5. The number of hydrogen-bond acceptors (Lipinski definition) is 3. The molecule has 1 aromatic heterocycles. The molecule has 0 spiro atoms. The van der Waals surface area contributed by atoms with Crippen LogP contribution in [-0.2, 0) is 10.2 Å². The van der Waals surface area contributed by atoms with Crippen molar-refractivity contribution in [1.82, 2.24) is 14.7 Å². The number of hydrogen-bond donors (Lipinski definition) is 1. The molecule has 3 rings (SSSR count). The van der Waals surface area contributed by atoms with E-state index in [4.69, 9.17) is 11.6 Å². The molecule has 0 aliphatic heterocycles. The molecular formula is C24H26ClFN4O2. The summed E-state index contributed by atoms with van der Waals surface area (Å²) in [7, 11) is 0. The highest BCUT2D eigenvalue weighted by molar-refractivity contribution is 6.32. The van der Waals surface area contributed by atoms with Crippen molar-refractivity contribution in [3.8, 4) is 5.69 Å². The van der Waals surface area contributed by atoms with E-state index in [2.05, 4.69) is 10.4 Å². The summed E-state index contributed by atoms with van der Waals surface area (Å²) in [6, 6.07) is 14.7. The Balaban J connectivity index is 1.87. The van der Waals surface area contributed by atoms with Gasteiger partial charge in [-0.1, -0.05) is 56.6 Å². The van der Waals surface area contributed by atoms with Gasteiger partial charge in [0.25, 0.3) is 5.91 Å². The van der Waals surface area contributed by atoms with Gasteiger partial charge in [-0.05, 0) is 31.2 Å². The summed E-state index contributed by atoms with van der Waals surface area (Å²) in [4.78, 5) is 26.9. The SMILES string of the molecule is CCN(CC(=O)Nc1cc(C(C)(C)C)nn1-c1ccccc1Cl)C(=O)c1ccccc1F. The number of carbonyl (C=O) groups is 2. The van der Waals surface area contributed by atoms with Crippen LogP contribution >= 0.6 is 11.6 Å². The molecule has 168 valence electrons. The number of carbonyl (C=O) groups excluding carboxylic acids is 2. The lowest BCUT2D eigenvalue weighted by Gasteiger charge is -2.21. The van der Waals surface area contributed by atoms with Crippen LogP contribution in [0, 0.1) is 5.82 Å². The fraction of sp³-hybridized carbons (Fsp3) is 0.292. The largest absolute Gasteiger partial charge is 0.330 e. The Labute approximate surface area is 192 Å². The molecule has 2 aromatic carbocycles. The molecule has 2 amide bonds. The molecule has 0 bridgehead atoms. The maximum absolute atomic E-state index is 14.0. The standard InChI is InChI=1S/C24H26ClFN4O2/c1-5-29(23(32)16-10-6-8-12-18(16)26)15-22(31)27-21-14-20(24(2,3)4)28-30(21)19-13-9-7-11-17(19)25/h6-14H,5,15H2,1-4H3,(H,27,31). The second-order valence-electron chi connectivity index (χ2n) is 8.38. The summed E-state index contributed by atoms with van der Waals surface area (Å²) in [5.74, 6) is -1.16. The van der Waals surface area contributed by atoms with Crippen LogP contribution in [0.25, 0.3) is 5.69 Å². The van der Waals surface area contributed by atoms with Crippen LogP contribution in [0.2, 0.25) is 5.02 Å². The van der Waals surface area contributed by atoms with Gasteiger partial charge in [0, 0.05) is 18.0 Å². The van der Waals surface area contributed by atoms with Crippen LogP contribution in [0.3, 0.4) is 0 Å². The van der Waals surface area contributed by atoms with E-state index in [0.717, 1.165) is 5.69 Å². The maximum atomic E-state index is 14.0. The van der Waals surface area contributed by atoms with E-state index in [9.17, 15) is 14.0 Å². The van der Waals surface area contributed by atoms with Crippen molar-refractivity contribution >= 4 is 29.2 Å². The summed E-state index contributed by atoms with van der Waals surface area (Å²) in [5.41, 5.74) is 1.05. The molecule has 0 unspecified atom stereocenters. The van der Waals surface area contributed by atoms with Crippen molar-refractivity contribution in [1.29, 1.82) is 0 Å². The summed E-state index contributed by atoms with van der Waals surface area (Å²) in [6.07, 6.45) is 0. The highest BCUT2D eigenvalue weighted by Crippen LogP contribution is 2.29. The average molecular weight is 457 g/mol. The molecule has 6 nitrogen and oxygen atoms in total. The van der Waals surface area contributed by atoms with E-state index in [0.29, 0.717) is 16.5 Å². The van der Waals surface area contributed by atoms with Gasteiger partial charge in [-0.2, -0.15) is 5.10 Å². The molecule has 32 heavy (non-hydrogen) atoms. The molecule has 0 aliphatic carbocycles. The Morgan fingerprint density at radius 1 is 1.12 bits per heavy atom. The van der Waals surface area contributed by atoms with Gasteiger partial charge >= 0.3 is 0 Å². The minimum absolute atomic E-state index is 0.0710. The van der Waals surface area contributed by atoms with Crippen molar-refractivity contribution in [3.63, 3.8) is 0 Å². The predicted molar refractivity (Wildman–Crippen MR) is 124 cm³/mol. The lowest BCUT2D eigenvalue weighted by atomic mass is 9.92. The Bertz CT molecular complexity index is 1140. The Hall–Kier alpha value is -3.19. The van der Waals surface area contributed by atoms with E-state index >= 15 is 0 Å². The van der Waals surface area contributed by atoms with E-state index < -0.39 is 17.6 Å². The summed E-state index contributed by atoms with van der Waals surface area (Å²) >= 11 is 6.36. The van der Waals surface area contributed by atoms with Gasteiger partial charge in [0.2, 0.25) is 5.91 Å². The monoisotopic (exact) mass is 456 g/mol. The molecule has 0 atom stereocenters. The number of halogens is 2. The molecule has 0 radical (unpaired) electrons. The zero-order valence-electron chi connectivity index (χ0n) is 18.5. The van der Waals surface area contributed by atoms with E-state index in [1.165, 1.54) is 23.1 Å². The first-order valence-corrected chi connectivity index (χ1v) is 10.7. The molecule has 0 fully saturated rings.